The lowest BCUT2D eigenvalue weighted by Gasteiger charge is -2.07. The van der Waals surface area contributed by atoms with Gasteiger partial charge < -0.3 is 4.98 Å². The predicted octanol–water partition coefficient (Wildman–Crippen LogP) is 3.72. The highest BCUT2D eigenvalue weighted by Gasteiger charge is 2.06. The molecule has 0 unspecified atom stereocenters. The van der Waals surface area contributed by atoms with E-state index in [0.717, 1.165) is 22.3 Å². The molecule has 2 aromatic carbocycles. The van der Waals surface area contributed by atoms with Crippen molar-refractivity contribution in [3.8, 4) is 22.6 Å². The van der Waals surface area contributed by atoms with Crippen LogP contribution >= 0.6 is 0 Å². The van der Waals surface area contributed by atoms with Crippen molar-refractivity contribution in [2.45, 2.75) is 13.8 Å². The summed E-state index contributed by atoms with van der Waals surface area (Å²) in [6.07, 6.45) is 0. The van der Waals surface area contributed by atoms with Gasteiger partial charge in [0.2, 0.25) is 0 Å². The number of aromatic amines is 1. The second-order valence-corrected chi connectivity index (χ2v) is 5.22. The van der Waals surface area contributed by atoms with E-state index in [9.17, 15) is 4.79 Å². The Kier molecular flexibility index (Phi) is 3.40. The Hall–Kier alpha value is -2.68. The Bertz CT molecular complexity index is 815. The van der Waals surface area contributed by atoms with Gasteiger partial charge in [-0.25, -0.2) is 4.98 Å². The minimum atomic E-state index is -0.141. The maximum Gasteiger partial charge on any atom is 0.251 e. The number of aryl methyl sites for hydroxylation is 2. The molecule has 0 bridgehead atoms. The average Bonchev–Trinajstić information content (AvgIpc) is 2.46. The van der Waals surface area contributed by atoms with Crippen LogP contribution in [-0.2, 0) is 0 Å². The SMILES string of the molecule is Cc1cc(C)cc(-c2nc(-c3ccccc3)cc(=O)[nH]2)c1. The maximum absolute atomic E-state index is 11.9. The van der Waals surface area contributed by atoms with Gasteiger partial charge in [0, 0.05) is 17.2 Å². The molecule has 1 N–H and O–H groups in total. The first-order chi connectivity index (χ1) is 10.1. The standard InChI is InChI=1S/C18H16N2O/c1-12-8-13(2)10-15(9-12)18-19-16(11-17(21)20-18)14-6-4-3-5-7-14/h3-11H,1-2H3,(H,19,20,21). The fourth-order valence-corrected chi connectivity index (χ4v) is 2.46. The van der Waals surface area contributed by atoms with E-state index in [1.807, 2.05) is 56.3 Å². The number of H-pyrrole nitrogens is 1. The zero-order valence-corrected chi connectivity index (χ0v) is 12.1. The van der Waals surface area contributed by atoms with Crippen LogP contribution in [0.4, 0.5) is 0 Å². The third-order valence-corrected chi connectivity index (χ3v) is 3.31. The lowest BCUT2D eigenvalue weighted by atomic mass is 10.1. The predicted molar refractivity (Wildman–Crippen MR) is 85.2 cm³/mol. The van der Waals surface area contributed by atoms with Gasteiger partial charge in [-0.15, -0.1) is 0 Å². The molecule has 0 amide bonds. The summed E-state index contributed by atoms with van der Waals surface area (Å²) >= 11 is 0. The van der Waals surface area contributed by atoms with Crippen molar-refractivity contribution in [2.24, 2.45) is 0 Å². The molecule has 0 atom stereocenters. The molecule has 3 nitrogen and oxygen atoms in total. The Morgan fingerprint density at radius 3 is 2.19 bits per heavy atom. The lowest BCUT2D eigenvalue weighted by molar-refractivity contribution is 1.13. The van der Waals surface area contributed by atoms with Crippen molar-refractivity contribution in [3.63, 3.8) is 0 Å². The monoisotopic (exact) mass is 276 g/mol. The molecular weight excluding hydrogens is 260 g/mol. The molecule has 0 saturated carbocycles. The van der Waals surface area contributed by atoms with E-state index in [0.29, 0.717) is 11.5 Å². The van der Waals surface area contributed by atoms with Crippen molar-refractivity contribution in [1.29, 1.82) is 0 Å². The van der Waals surface area contributed by atoms with Crippen LogP contribution in [0.25, 0.3) is 22.6 Å². The number of hydrogen-bond acceptors (Lipinski definition) is 2. The highest BCUT2D eigenvalue weighted by atomic mass is 16.1. The molecule has 3 heteroatoms. The molecule has 0 aliphatic heterocycles. The third-order valence-electron chi connectivity index (χ3n) is 3.31. The van der Waals surface area contributed by atoms with Gasteiger partial charge in [-0.05, 0) is 26.0 Å². The summed E-state index contributed by atoms with van der Waals surface area (Å²) in [5, 5.41) is 0. The number of aromatic nitrogens is 2. The van der Waals surface area contributed by atoms with Crippen LogP contribution in [0.5, 0.6) is 0 Å². The minimum Gasteiger partial charge on any atom is -0.306 e. The van der Waals surface area contributed by atoms with Crippen LogP contribution in [0.1, 0.15) is 11.1 Å². The summed E-state index contributed by atoms with van der Waals surface area (Å²) in [5.41, 5.74) is 4.72. The Labute approximate surface area is 123 Å². The highest BCUT2D eigenvalue weighted by molar-refractivity contribution is 5.64. The van der Waals surface area contributed by atoms with Crippen molar-refractivity contribution in [1.82, 2.24) is 9.97 Å². The number of hydrogen-bond donors (Lipinski definition) is 1. The molecule has 21 heavy (non-hydrogen) atoms. The molecule has 3 rings (SSSR count). The van der Waals surface area contributed by atoms with Crippen LogP contribution in [-0.4, -0.2) is 9.97 Å². The Morgan fingerprint density at radius 1 is 0.857 bits per heavy atom. The third kappa shape index (κ3) is 2.92. The molecule has 0 fully saturated rings. The smallest absolute Gasteiger partial charge is 0.251 e. The molecular formula is C18H16N2O. The normalized spacial score (nSPS) is 10.6. The van der Waals surface area contributed by atoms with E-state index in [1.165, 1.54) is 6.07 Å². The summed E-state index contributed by atoms with van der Waals surface area (Å²) in [5.74, 6) is 0.605. The molecule has 0 aliphatic carbocycles. The number of rotatable bonds is 2. The first kappa shape index (κ1) is 13.3. The van der Waals surface area contributed by atoms with E-state index in [2.05, 4.69) is 16.0 Å². The van der Waals surface area contributed by atoms with Crippen LogP contribution in [0.15, 0.2) is 59.4 Å². The van der Waals surface area contributed by atoms with Gasteiger partial charge in [0.15, 0.2) is 0 Å². The quantitative estimate of drug-likeness (QED) is 0.775. The van der Waals surface area contributed by atoms with Crippen LogP contribution < -0.4 is 5.56 Å². The van der Waals surface area contributed by atoms with Gasteiger partial charge in [-0.3, -0.25) is 4.79 Å². The zero-order valence-electron chi connectivity index (χ0n) is 12.1. The van der Waals surface area contributed by atoms with Gasteiger partial charge in [0.05, 0.1) is 5.69 Å². The molecule has 3 aromatic rings. The number of nitrogens with one attached hydrogen (secondary N) is 1. The van der Waals surface area contributed by atoms with E-state index in [1.54, 1.807) is 0 Å². The summed E-state index contributed by atoms with van der Waals surface area (Å²) in [4.78, 5) is 19.4. The molecule has 1 aromatic heterocycles. The van der Waals surface area contributed by atoms with Gasteiger partial charge >= 0.3 is 0 Å². The lowest BCUT2D eigenvalue weighted by Crippen LogP contribution is -2.08. The second-order valence-electron chi connectivity index (χ2n) is 5.22. The summed E-state index contributed by atoms with van der Waals surface area (Å²) in [6, 6.07) is 17.4. The van der Waals surface area contributed by atoms with E-state index >= 15 is 0 Å². The molecule has 104 valence electrons. The number of nitrogens with zero attached hydrogens (tertiary/aromatic N) is 1. The van der Waals surface area contributed by atoms with Gasteiger partial charge in [0.25, 0.3) is 5.56 Å². The summed E-state index contributed by atoms with van der Waals surface area (Å²) in [6.45, 7) is 4.07. The Balaban J connectivity index is 2.16. The van der Waals surface area contributed by atoms with Crippen molar-refractivity contribution >= 4 is 0 Å². The Morgan fingerprint density at radius 2 is 1.52 bits per heavy atom. The number of benzene rings is 2. The maximum atomic E-state index is 11.9. The minimum absolute atomic E-state index is 0.141. The van der Waals surface area contributed by atoms with E-state index in [4.69, 9.17) is 0 Å². The van der Waals surface area contributed by atoms with Crippen LogP contribution in [0.2, 0.25) is 0 Å². The van der Waals surface area contributed by atoms with Gasteiger partial charge in [0.1, 0.15) is 5.82 Å². The van der Waals surface area contributed by atoms with Crippen molar-refractivity contribution < 1.29 is 0 Å². The van der Waals surface area contributed by atoms with Gasteiger partial charge in [-0.1, -0.05) is 47.5 Å². The van der Waals surface area contributed by atoms with Crippen molar-refractivity contribution in [3.05, 3.63) is 76.1 Å². The van der Waals surface area contributed by atoms with E-state index in [-0.39, 0.29) is 5.56 Å². The zero-order chi connectivity index (χ0) is 14.8. The first-order valence-electron chi connectivity index (χ1n) is 6.87. The molecule has 0 aliphatic rings. The van der Waals surface area contributed by atoms with Crippen LogP contribution in [0, 0.1) is 13.8 Å². The fourth-order valence-electron chi connectivity index (χ4n) is 2.46. The van der Waals surface area contributed by atoms with E-state index < -0.39 is 0 Å². The molecule has 0 spiro atoms. The van der Waals surface area contributed by atoms with Crippen LogP contribution in [0.3, 0.4) is 0 Å². The molecule has 1 heterocycles. The van der Waals surface area contributed by atoms with Gasteiger partial charge in [-0.2, -0.15) is 0 Å². The first-order valence-corrected chi connectivity index (χ1v) is 6.87. The molecule has 0 radical (unpaired) electrons. The fraction of sp³-hybridized carbons (Fsp3) is 0.111. The largest absolute Gasteiger partial charge is 0.306 e. The average molecular weight is 276 g/mol. The second kappa shape index (κ2) is 5.37. The molecule has 0 saturated heterocycles. The summed E-state index contributed by atoms with van der Waals surface area (Å²) < 4.78 is 0. The highest BCUT2D eigenvalue weighted by Crippen LogP contribution is 2.21. The van der Waals surface area contributed by atoms with Crippen molar-refractivity contribution in [2.75, 3.05) is 0 Å². The summed E-state index contributed by atoms with van der Waals surface area (Å²) in [7, 11) is 0. The topological polar surface area (TPSA) is 45.8 Å².